The van der Waals surface area contributed by atoms with Crippen molar-refractivity contribution in [1.82, 2.24) is 10.6 Å². The van der Waals surface area contributed by atoms with E-state index in [0.29, 0.717) is 11.4 Å². The zero-order valence-electron chi connectivity index (χ0n) is 17.1. The van der Waals surface area contributed by atoms with Crippen LogP contribution in [0.5, 0.6) is 0 Å². The summed E-state index contributed by atoms with van der Waals surface area (Å²) in [5.41, 5.74) is 1.76. The monoisotopic (exact) mass is 424 g/mol. The van der Waals surface area contributed by atoms with Gasteiger partial charge in [0.15, 0.2) is 0 Å². The Kier molecular flexibility index (Phi) is 6.07. The molecule has 156 valence electrons. The van der Waals surface area contributed by atoms with Crippen LogP contribution < -0.4 is 10.6 Å². The van der Waals surface area contributed by atoms with Gasteiger partial charge in [0.05, 0.1) is 6.04 Å². The Morgan fingerprint density at radius 3 is 2.57 bits per heavy atom. The van der Waals surface area contributed by atoms with Crippen molar-refractivity contribution in [2.24, 2.45) is 0 Å². The normalized spacial score (nSPS) is 16.9. The minimum Gasteiger partial charge on any atom is -0.350 e. The molecule has 0 spiro atoms. The highest BCUT2D eigenvalue weighted by Crippen LogP contribution is 2.37. The first kappa shape index (κ1) is 20.8. The SMILES string of the molecule is CC(NC(=O)CC1(c2ccc(F)cc2)CCNCC1)c1cc(Cl)cc2ccccc12. The van der Waals surface area contributed by atoms with Crippen LogP contribution in [0.25, 0.3) is 10.8 Å². The average Bonchev–Trinajstić information content (AvgIpc) is 2.74. The Bertz CT molecular complexity index is 1040. The van der Waals surface area contributed by atoms with Gasteiger partial charge in [0.1, 0.15) is 5.82 Å². The topological polar surface area (TPSA) is 41.1 Å². The number of carbonyl (C=O) groups is 1. The molecule has 1 fully saturated rings. The lowest BCUT2D eigenvalue weighted by atomic mass is 9.70. The summed E-state index contributed by atoms with van der Waals surface area (Å²) < 4.78 is 13.5. The first-order chi connectivity index (χ1) is 14.5. The lowest BCUT2D eigenvalue weighted by Crippen LogP contribution is -2.43. The first-order valence-electron chi connectivity index (χ1n) is 10.4. The van der Waals surface area contributed by atoms with E-state index in [0.717, 1.165) is 47.8 Å². The Labute approximate surface area is 181 Å². The van der Waals surface area contributed by atoms with E-state index in [1.807, 2.05) is 49.4 Å². The highest BCUT2D eigenvalue weighted by Gasteiger charge is 2.36. The summed E-state index contributed by atoms with van der Waals surface area (Å²) in [7, 11) is 0. The fourth-order valence-electron chi connectivity index (χ4n) is 4.61. The lowest BCUT2D eigenvalue weighted by molar-refractivity contribution is -0.123. The van der Waals surface area contributed by atoms with E-state index in [-0.39, 0.29) is 23.2 Å². The van der Waals surface area contributed by atoms with Crippen LogP contribution in [0.3, 0.4) is 0 Å². The number of halogens is 2. The molecule has 3 nitrogen and oxygen atoms in total. The molecule has 0 aliphatic carbocycles. The molecule has 1 aliphatic rings. The Morgan fingerprint density at radius 1 is 1.13 bits per heavy atom. The zero-order valence-corrected chi connectivity index (χ0v) is 17.8. The van der Waals surface area contributed by atoms with Crippen LogP contribution in [0, 0.1) is 5.82 Å². The second kappa shape index (κ2) is 8.75. The van der Waals surface area contributed by atoms with Crippen LogP contribution in [0.2, 0.25) is 5.02 Å². The molecule has 1 unspecified atom stereocenters. The molecule has 1 saturated heterocycles. The second-order valence-electron chi connectivity index (χ2n) is 8.22. The maximum absolute atomic E-state index is 13.5. The van der Waals surface area contributed by atoms with Gasteiger partial charge in [0.2, 0.25) is 5.91 Å². The third-order valence-corrected chi connectivity index (χ3v) is 6.44. The summed E-state index contributed by atoms with van der Waals surface area (Å²) >= 11 is 6.32. The van der Waals surface area contributed by atoms with E-state index in [2.05, 4.69) is 16.7 Å². The number of hydrogen-bond donors (Lipinski definition) is 2. The molecular weight excluding hydrogens is 399 g/mol. The molecule has 0 saturated carbocycles. The van der Waals surface area contributed by atoms with E-state index in [4.69, 9.17) is 11.6 Å². The van der Waals surface area contributed by atoms with Gasteiger partial charge in [-0.05, 0) is 79.0 Å². The van der Waals surface area contributed by atoms with Crippen molar-refractivity contribution in [3.63, 3.8) is 0 Å². The molecule has 0 aromatic heterocycles. The Hall–Kier alpha value is -2.43. The van der Waals surface area contributed by atoms with E-state index in [1.54, 1.807) is 0 Å². The van der Waals surface area contributed by atoms with E-state index in [1.165, 1.54) is 12.1 Å². The number of hydrogen-bond acceptors (Lipinski definition) is 2. The average molecular weight is 425 g/mol. The van der Waals surface area contributed by atoms with Crippen LogP contribution in [0.1, 0.15) is 43.4 Å². The summed E-state index contributed by atoms with van der Waals surface area (Å²) in [6.45, 7) is 3.68. The molecule has 1 heterocycles. The molecule has 3 aromatic carbocycles. The number of piperidine rings is 1. The van der Waals surface area contributed by atoms with Gasteiger partial charge in [0.25, 0.3) is 0 Å². The molecule has 2 N–H and O–H groups in total. The van der Waals surface area contributed by atoms with Crippen LogP contribution in [0.4, 0.5) is 4.39 Å². The number of rotatable bonds is 5. The number of benzene rings is 3. The summed E-state index contributed by atoms with van der Waals surface area (Å²) in [6.07, 6.45) is 2.07. The third kappa shape index (κ3) is 4.35. The summed E-state index contributed by atoms with van der Waals surface area (Å²) in [5.74, 6) is -0.258. The summed E-state index contributed by atoms with van der Waals surface area (Å²) in [6, 6.07) is 18.4. The van der Waals surface area contributed by atoms with Crippen LogP contribution in [-0.2, 0) is 10.2 Å². The third-order valence-electron chi connectivity index (χ3n) is 6.22. The molecule has 1 amide bonds. The van der Waals surface area contributed by atoms with Gasteiger partial charge in [-0.15, -0.1) is 0 Å². The zero-order chi connectivity index (χ0) is 21.1. The van der Waals surface area contributed by atoms with E-state index >= 15 is 0 Å². The fraction of sp³-hybridized carbons (Fsp3) is 0.320. The molecule has 5 heteroatoms. The van der Waals surface area contributed by atoms with E-state index < -0.39 is 0 Å². The van der Waals surface area contributed by atoms with Crippen molar-refractivity contribution in [1.29, 1.82) is 0 Å². The van der Waals surface area contributed by atoms with Crippen molar-refractivity contribution < 1.29 is 9.18 Å². The largest absolute Gasteiger partial charge is 0.350 e. The van der Waals surface area contributed by atoms with Crippen LogP contribution >= 0.6 is 11.6 Å². The van der Waals surface area contributed by atoms with Gasteiger partial charge in [-0.25, -0.2) is 4.39 Å². The highest BCUT2D eigenvalue weighted by molar-refractivity contribution is 6.31. The van der Waals surface area contributed by atoms with Crippen molar-refractivity contribution >= 4 is 28.3 Å². The molecule has 4 rings (SSSR count). The molecular formula is C25H26ClFN2O. The number of fused-ring (bicyclic) bond motifs is 1. The summed E-state index contributed by atoms with van der Waals surface area (Å²) in [5, 5.41) is 9.35. The molecule has 1 aliphatic heterocycles. The second-order valence-corrected chi connectivity index (χ2v) is 8.66. The molecule has 0 bridgehead atoms. The molecule has 1 atom stereocenters. The Balaban J connectivity index is 1.56. The highest BCUT2D eigenvalue weighted by atomic mass is 35.5. The van der Waals surface area contributed by atoms with E-state index in [9.17, 15) is 9.18 Å². The minimum atomic E-state index is -0.279. The lowest BCUT2D eigenvalue weighted by Gasteiger charge is -2.38. The standard InChI is InChI=1S/C25H26ClFN2O/c1-17(23-15-20(26)14-18-4-2-3-5-22(18)23)29-24(30)16-25(10-12-28-13-11-25)19-6-8-21(27)9-7-19/h2-9,14-15,17,28H,10-13,16H2,1H3,(H,29,30). The maximum atomic E-state index is 13.5. The molecule has 30 heavy (non-hydrogen) atoms. The number of nitrogens with one attached hydrogen (secondary N) is 2. The van der Waals surface area contributed by atoms with Crippen molar-refractivity contribution in [2.45, 2.75) is 37.6 Å². The first-order valence-corrected chi connectivity index (χ1v) is 10.8. The maximum Gasteiger partial charge on any atom is 0.221 e. The molecule has 0 radical (unpaired) electrons. The van der Waals surface area contributed by atoms with Gasteiger partial charge < -0.3 is 10.6 Å². The van der Waals surface area contributed by atoms with Gasteiger partial charge in [-0.2, -0.15) is 0 Å². The van der Waals surface area contributed by atoms with Gasteiger partial charge >= 0.3 is 0 Å². The van der Waals surface area contributed by atoms with Crippen LogP contribution in [0.15, 0.2) is 60.7 Å². The fourth-order valence-corrected chi connectivity index (χ4v) is 4.85. The van der Waals surface area contributed by atoms with Gasteiger partial charge in [-0.1, -0.05) is 48.0 Å². The van der Waals surface area contributed by atoms with Crippen molar-refractivity contribution in [3.8, 4) is 0 Å². The smallest absolute Gasteiger partial charge is 0.221 e. The van der Waals surface area contributed by atoms with Crippen molar-refractivity contribution in [3.05, 3.63) is 82.6 Å². The Morgan fingerprint density at radius 2 is 1.83 bits per heavy atom. The predicted octanol–water partition coefficient (Wildman–Crippen LogP) is 5.52. The minimum absolute atomic E-state index is 0.00205. The van der Waals surface area contributed by atoms with Gasteiger partial charge in [0, 0.05) is 16.9 Å². The summed E-state index contributed by atoms with van der Waals surface area (Å²) in [4.78, 5) is 13.1. The van der Waals surface area contributed by atoms with Gasteiger partial charge in [-0.3, -0.25) is 4.79 Å². The predicted molar refractivity (Wildman–Crippen MR) is 120 cm³/mol. The number of carbonyl (C=O) groups excluding carboxylic acids is 1. The van der Waals surface area contributed by atoms with Crippen LogP contribution in [-0.4, -0.2) is 19.0 Å². The number of amides is 1. The molecule has 3 aromatic rings. The quantitative estimate of drug-likeness (QED) is 0.566. The van der Waals surface area contributed by atoms with Crippen molar-refractivity contribution in [2.75, 3.05) is 13.1 Å².